The monoisotopic (exact) mass is 272 g/mol. The first kappa shape index (κ1) is 17.0. The number of rotatable bonds is 0. The van der Waals surface area contributed by atoms with E-state index in [1.54, 1.807) is 0 Å². The molecule has 0 saturated heterocycles. The fourth-order valence-corrected chi connectivity index (χ4v) is 2.46. The van der Waals surface area contributed by atoms with Gasteiger partial charge in [0.1, 0.15) is 0 Å². The number of hydrogen-bond donors (Lipinski definition) is 0. The third-order valence-electron chi connectivity index (χ3n) is 3.75. The van der Waals surface area contributed by atoms with Gasteiger partial charge in [-0.1, -0.05) is 74.3 Å². The van der Waals surface area contributed by atoms with Gasteiger partial charge in [-0.3, -0.25) is 0 Å². The fourth-order valence-electron chi connectivity index (χ4n) is 2.46. The topological polar surface area (TPSA) is 0 Å². The molecular weight excluding hydrogens is 240 g/mol. The fraction of sp³-hybridized carbons (Fsp3) is 0.600. The van der Waals surface area contributed by atoms with Crippen molar-refractivity contribution in [1.82, 2.24) is 0 Å². The largest absolute Gasteiger partial charge is 0.0845 e. The molecule has 0 aliphatic heterocycles. The van der Waals surface area contributed by atoms with Crippen molar-refractivity contribution in [3.63, 3.8) is 0 Å². The van der Waals surface area contributed by atoms with E-state index in [0.717, 1.165) is 0 Å². The molecule has 0 N–H and O–H groups in total. The Morgan fingerprint density at radius 3 is 0.800 bits per heavy atom. The van der Waals surface area contributed by atoms with Crippen molar-refractivity contribution in [3.05, 3.63) is 48.6 Å². The average molecular weight is 272 g/mol. The van der Waals surface area contributed by atoms with Gasteiger partial charge in [-0.05, 0) is 51.4 Å². The van der Waals surface area contributed by atoms with E-state index in [1.807, 2.05) is 0 Å². The van der Waals surface area contributed by atoms with Crippen molar-refractivity contribution < 1.29 is 0 Å². The highest BCUT2D eigenvalue weighted by atomic mass is 13.9. The van der Waals surface area contributed by atoms with Crippen LogP contribution >= 0.6 is 0 Å². The van der Waals surface area contributed by atoms with E-state index in [0.29, 0.717) is 0 Å². The summed E-state index contributed by atoms with van der Waals surface area (Å²) in [5.74, 6) is 0. The molecule has 112 valence electrons. The smallest absolute Gasteiger partial charge is 0.0348 e. The predicted molar refractivity (Wildman–Crippen MR) is 92.0 cm³/mol. The molecule has 0 radical (unpaired) electrons. The molecule has 0 heteroatoms. The van der Waals surface area contributed by atoms with Gasteiger partial charge >= 0.3 is 0 Å². The van der Waals surface area contributed by atoms with Gasteiger partial charge < -0.3 is 0 Å². The summed E-state index contributed by atoms with van der Waals surface area (Å²) in [7, 11) is 0. The van der Waals surface area contributed by atoms with Crippen LogP contribution in [0.2, 0.25) is 0 Å². The Morgan fingerprint density at radius 2 is 0.550 bits per heavy atom. The van der Waals surface area contributed by atoms with Crippen LogP contribution in [-0.4, -0.2) is 0 Å². The van der Waals surface area contributed by atoms with Crippen LogP contribution in [0.15, 0.2) is 48.6 Å². The minimum Gasteiger partial charge on any atom is -0.0845 e. The maximum atomic E-state index is 2.32. The summed E-state index contributed by atoms with van der Waals surface area (Å²) in [6.07, 6.45) is 34.0. The summed E-state index contributed by atoms with van der Waals surface area (Å²) in [6, 6.07) is 0. The Bertz CT molecular complexity index is 240. The maximum Gasteiger partial charge on any atom is -0.0348 e. The molecule has 0 nitrogen and oxygen atoms in total. The van der Waals surface area contributed by atoms with Crippen LogP contribution in [0.1, 0.15) is 77.0 Å². The average Bonchev–Trinajstić information content (AvgIpc) is 2.46. The van der Waals surface area contributed by atoms with E-state index >= 15 is 0 Å². The Hall–Kier alpha value is -1.04. The van der Waals surface area contributed by atoms with Crippen LogP contribution in [0.5, 0.6) is 0 Å². The molecule has 0 aromatic carbocycles. The second kappa shape index (κ2) is 14.4. The first-order chi connectivity index (χ1) is 10.0. The van der Waals surface area contributed by atoms with Crippen molar-refractivity contribution in [2.75, 3.05) is 0 Å². The van der Waals surface area contributed by atoms with Crippen molar-refractivity contribution in [1.29, 1.82) is 0 Å². The molecular formula is C20H32. The van der Waals surface area contributed by atoms with E-state index < -0.39 is 0 Å². The van der Waals surface area contributed by atoms with Crippen molar-refractivity contribution >= 4 is 0 Å². The summed E-state index contributed by atoms with van der Waals surface area (Å²) in [5.41, 5.74) is 0. The van der Waals surface area contributed by atoms with Gasteiger partial charge in [0, 0.05) is 0 Å². The molecule has 1 rings (SSSR count). The highest BCUT2D eigenvalue weighted by molar-refractivity contribution is 5.03. The first-order valence-corrected chi connectivity index (χ1v) is 8.63. The van der Waals surface area contributed by atoms with E-state index in [4.69, 9.17) is 0 Å². The second-order valence-electron chi connectivity index (χ2n) is 5.70. The molecule has 0 bridgehead atoms. The molecule has 0 atom stereocenters. The molecule has 20 heavy (non-hydrogen) atoms. The zero-order chi connectivity index (χ0) is 14.1. The van der Waals surface area contributed by atoms with Crippen LogP contribution in [0, 0.1) is 0 Å². The molecule has 0 aromatic rings. The molecule has 0 heterocycles. The Labute approximate surface area is 126 Å². The van der Waals surface area contributed by atoms with Crippen molar-refractivity contribution in [2.24, 2.45) is 0 Å². The molecule has 0 amide bonds. The Morgan fingerprint density at radius 1 is 0.300 bits per heavy atom. The summed E-state index contributed by atoms with van der Waals surface area (Å²) >= 11 is 0. The third-order valence-corrected chi connectivity index (χ3v) is 3.75. The van der Waals surface area contributed by atoms with E-state index in [-0.39, 0.29) is 0 Å². The summed E-state index contributed by atoms with van der Waals surface area (Å²) in [6.45, 7) is 0. The van der Waals surface area contributed by atoms with Gasteiger partial charge in [-0.2, -0.15) is 0 Å². The molecule has 1 aliphatic rings. The Kier molecular flexibility index (Phi) is 12.2. The van der Waals surface area contributed by atoms with Gasteiger partial charge in [0.25, 0.3) is 0 Å². The predicted octanol–water partition coefficient (Wildman–Crippen LogP) is 6.91. The van der Waals surface area contributed by atoms with Crippen LogP contribution < -0.4 is 0 Å². The van der Waals surface area contributed by atoms with Crippen LogP contribution in [0.4, 0.5) is 0 Å². The second-order valence-corrected chi connectivity index (χ2v) is 5.70. The van der Waals surface area contributed by atoms with E-state index in [9.17, 15) is 0 Å². The molecule has 0 spiro atoms. The van der Waals surface area contributed by atoms with Gasteiger partial charge in [0.2, 0.25) is 0 Å². The lowest BCUT2D eigenvalue weighted by Crippen LogP contribution is -1.77. The van der Waals surface area contributed by atoms with Crippen LogP contribution in [-0.2, 0) is 0 Å². The summed E-state index contributed by atoms with van der Waals surface area (Å²) in [4.78, 5) is 0. The first-order valence-electron chi connectivity index (χ1n) is 8.63. The SMILES string of the molecule is C1=CCCCCCC/C=C\C=C\CCCCCCC=C1. The van der Waals surface area contributed by atoms with E-state index in [2.05, 4.69) is 48.6 Å². The van der Waals surface area contributed by atoms with Crippen molar-refractivity contribution in [3.8, 4) is 0 Å². The molecule has 0 saturated carbocycles. The van der Waals surface area contributed by atoms with Gasteiger partial charge in [0.15, 0.2) is 0 Å². The van der Waals surface area contributed by atoms with Crippen molar-refractivity contribution in [2.45, 2.75) is 77.0 Å². The highest BCUT2D eigenvalue weighted by Crippen LogP contribution is 2.08. The highest BCUT2D eigenvalue weighted by Gasteiger charge is 1.88. The van der Waals surface area contributed by atoms with Gasteiger partial charge in [0.05, 0.1) is 0 Å². The summed E-state index contributed by atoms with van der Waals surface area (Å²) in [5, 5.41) is 0. The van der Waals surface area contributed by atoms with Crippen LogP contribution in [0.25, 0.3) is 0 Å². The molecule has 0 fully saturated rings. The van der Waals surface area contributed by atoms with E-state index in [1.165, 1.54) is 77.0 Å². The normalized spacial score (nSPS) is 24.0. The number of hydrogen-bond acceptors (Lipinski definition) is 0. The maximum absolute atomic E-state index is 2.32. The molecule has 0 aromatic heterocycles. The lowest BCUT2D eigenvalue weighted by Gasteiger charge is -1.97. The third kappa shape index (κ3) is 12.0. The minimum absolute atomic E-state index is 1.24. The van der Waals surface area contributed by atoms with Crippen LogP contribution in [0.3, 0.4) is 0 Å². The van der Waals surface area contributed by atoms with Gasteiger partial charge in [-0.25, -0.2) is 0 Å². The minimum atomic E-state index is 1.24. The lowest BCUT2D eigenvalue weighted by atomic mass is 10.1. The molecule has 0 unspecified atom stereocenters. The number of allylic oxidation sites excluding steroid dienone is 8. The van der Waals surface area contributed by atoms with Gasteiger partial charge in [-0.15, -0.1) is 0 Å². The quantitative estimate of drug-likeness (QED) is 0.449. The zero-order valence-electron chi connectivity index (χ0n) is 13.1. The molecule has 1 aliphatic carbocycles. The standard InChI is InChI=1S/C20H32/c1-2-4-6-8-10-12-14-16-18-20-19-17-15-13-11-9-7-5-3-1/h1-4,17-20H,5-16H2/b3-1-,4-2+,19-17?,20-18?. The zero-order valence-corrected chi connectivity index (χ0v) is 13.1. The summed E-state index contributed by atoms with van der Waals surface area (Å²) < 4.78 is 0. The lowest BCUT2D eigenvalue weighted by molar-refractivity contribution is 0.651. The Balaban J connectivity index is 2.22.